The molecule has 2 heterocycles. The molecular formula is C16H16ClN5. The fraction of sp³-hybridized carbons (Fsp3) is 0.312. The number of piperazine rings is 1. The molecule has 5 nitrogen and oxygen atoms in total. The van der Waals surface area contributed by atoms with Gasteiger partial charge in [0.05, 0.1) is 6.20 Å². The molecular weight excluding hydrogens is 298 g/mol. The topological polar surface area (TPSA) is 56.1 Å². The summed E-state index contributed by atoms with van der Waals surface area (Å²) < 4.78 is 0. The van der Waals surface area contributed by atoms with Crippen molar-refractivity contribution in [3.05, 3.63) is 47.4 Å². The van der Waals surface area contributed by atoms with Crippen molar-refractivity contribution in [1.82, 2.24) is 9.97 Å². The number of nitrogens with zero attached hydrogens (tertiary/aromatic N) is 5. The van der Waals surface area contributed by atoms with Crippen molar-refractivity contribution < 1.29 is 0 Å². The lowest BCUT2D eigenvalue weighted by Gasteiger charge is -2.41. The van der Waals surface area contributed by atoms with E-state index in [1.165, 1.54) is 6.33 Å². The molecule has 0 aliphatic carbocycles. The van der Waals surface area contributed by atoms with Crippen molar-refractivity contribution in [1.29, 1.82) is 5.26 Å². The Morgan fingerprint density at radius 1 is 1.36 bits per heavy atom. The second kappa shape index (κ2) is 6.20. The third-order valence-corrected chi connectivity index (χ3v) is 4.12. The average Bonchev–Trinajstić information content (AvgIpc) is 2.55. The van der Waals surface area contributed by atoms with Gasteiger partial charge in [-0.2, -0.15) is 5.26 Å². The molecule has 0 N–H and O–H groups in total. The maximum absolute atomic E-state index is 9.21. The van der Waals surface area contributed by atoms with Crippen molar-refractivity contribution in [3.63, 3.8) is 0 Å². The number of halogens is 1. The molecule has 0 bridgehead atoms. The third kappa shape index (κ3) is 2.83. The standard InChI is InChI=1S/C16H16ClN5/c1-12-10-21(15-4-2-3-14(17)7-15)5-6-22(12)16-13(8-18)9-19-11-20-16/h2-4,7,9,11-12H,5-6,10H2,1H3. The van der Waals surface area contributed by atoms with Gasteiger partial charge < -0.3 is 9.80 Å². The van der Waals surface area contributed by atoms with Gasteiger partial charge >= 0.3 is 0 Å². The smallest absolute Gasteiger partial charge is 0.150 e. The van der Waals surface area contributed by atoms with Crippen molar-refractivity contribution in [3.8, 4) is 6.07 Å². The molecule has 22 heavy (non-hydrogen) atoms. The lowest BCUT2D eigenvalue weighted by Crippen LogP contribution is -2.52. The van der Waals surface area contributed by atoms with E-state index in [1.807, 2.05) is 18.2 Å². The fourth-order valence-corrected chi connectivity index (χ4v) is 3.00. The van der Waals surface area contributed by atoms with E-state index in [9.17, 15) is 5.26 Å². The van der Waals surface area contributed by atoms with Crippen LogP contribution < -0.4 is 9.80 Å². The van der Waals surface area contributed by atoms with Crippen LogP contribution in [-0.4, -0.2) is 35.6 Å². The van der Waals surface area contributed by atoms with E-state index in [0.717, 1.165) is 36.2 Å². The van der Waals surface area contributed by atoms with E-state index in [4.69, 9.17) is 11.6 Å². The molecule has 3 rings (SSSR count). The van der Waals surface area contributed by atoms with E-state index in [2.05, 4.69) is 38.8 Å². The van der Waals surface area contributed by atoms with Crippen LogP contribution in [0.2, 0.25) is 5.02 Å². The number of benzene rings is 1. The molecule has 1 aliphatic rings. The quantitative estimate of drug-likeness (QED) is 0.853. The molecule has 1 atom stereocenters. The van der Waals surface area contributed by atoms with Crippen LogP contribution >= 0.6 is 11.6 Å². The van der Waals surface area contributed by atoms with Crippen molar-refractivity contribution in [2.45, 2.75) is 13.0 Å². The Labute approximate surface area is 134 Å². The zero-order valence-corrected chi connectivity index (χ0v) is 13.0. The zero-order valence-electron chi connectivity index (χ0n) is 12.3. The zero-order chi connectivity index (χ0) is 15.5. The van der Waals surface area contributed by atoms with Crippen LogP contribution in [0, 0.1) is 11.3 Å². The first kappa shape index (κ1) is 14.6. The lowest BCUT2D eigenvalue weighted by molar-refractivity contribution is 0.545. The van der Waals surface area contributed by atoms with E-state index in [0.29, 0.717) is 5.56 Å². The molecule has 6 heteroatoms. The molecule has 1 unspecified atom stereocenters. The highest BCUT2D eigenvalue weighted by molar-refractivity contribution is 6.30. The highest BCUT2D eigenvalue weighted by atomic mass is 35.5. The van der Waals surface area contributed by atoms with Gasteiger partial charge in [0.1, 0.15) is 23.8 Å². The monoisotopic (exact) mass is 313 g/mol. The predicted octanol–water partition coefficient (Wildman–Crippen LogP) is 2.72. The van der Waals surface area contributed by atoms with Crippen LogP contribution in [0.3, 0.4) is 0 Å². The molecule has 0 spiro atoms. The minimum absolute atomic E-state index is 0.245. The molecule has 1 aromatic heterocycles. The van der Waals surface area contributed by atoms with Crippen molar-refractivity contribution in [2.24, 2.45) is 0 Å². The molecule has 1 saturated heterocycles. The van der Waals surface area contributed by atoms with Crippen LogP contribution in [0.15, 0.2) is 36.8 Å². The van der Waals surface area contributed by atoms with E-state index in [1.54, 1.807) is 6.20 Å². The fourth-order valence-electron chi connectivity index (χ4n) is 2.81. The first-order chi connectivity index (χ1) is 10.7. The van der Waals surface area contributed by atoms with Gasteiger partial charge in [0.15, 0.2) is 0 Å². The summed E-state index contributed by atoms with van der Waals surface area (Å²) >= 11 is 6.07. The number of anilines is 2. The Morgan fingerprint density at radius 2 is 2.23 bits per heavy atom. The van der Waals surface area contributed by atoms with Crippen LogP contribution in [0.4, 0.5) is 11.5 Å². The van der Waals surface area contributed by atoms with Gasteiger partial charge in [-0.05, 0) is 25.1 Å². The van der Waals surface area contributed by atoms with Crippen molar-refractivity contribution in [2.75, 3.05) is 29.4 Å². The first-order valence-electron chi connectivity index (χ1n) is 7.16. The van der Waals surface area contributed by atoms with Gasteiger partial charge in [-0.3, -0.25) is 0 Å². The molecule has 0 amide bonds. The molecule has 0 radical (unpaired) electrons. The van der Waals surface area contributed by atoms with Gasteiger partial charge in [-0.25, -0.2) is 9.97 Å². The summed E-state index contributed by atoms with van der Waals surface area (Å²) in [5.41, 5.74) is 1.65. The highest BCUT2D eigenvalue weighted by Crippen LogP contribution is 2.25. The Balaban J connectivity index is 1.80. The minimum Gasteiger partial charge on any atom is -0.368 e. The maximum Gasteiger partial charge on any atom is 0.150 e. The van der Waals surface area contributed by atoms with Crippen LogP contribution in [0.1, 0.15) is 12.5 Å². The number of rotatable bonds is 2. The molecule has 1 aromatic carbocycles. The Hall–Kier alpha value is -2.32. The normalized spacial score (nSPS) is 18.1. The number of hydrogen-bond acceptors (Lipinski definition) is 5. The third-order valence-electron chi connectivity index (χ3n) is 3.88. The summed E-state index contributed by atoms with van der Waals surface area (Å²) in [7, 11) is 0. The van der Waals surface area contributed by atoms with Crippen LogP contribution in [0.25, 0.3) is 0 Å². The van der Waals surface area contributed by atoms with E-state index in [-0.39, 0.29) is 6.04 Å². The van der Waals surface area contributed by atoms with E-state index < -0.39 is 0 Å². The SMILES string of the molecule is CC1CN(c2cccc(Cl)c2)CCN1c1ncncc1C#N. The molecule has 0 saturated carbocycles. The Morgan fingerprint density at radius 3 is 2.95 bits per heavy atom. The second-order valence-corrected chi connectivity index (χ2v) is 5.78. The Kier molecular flexibility index (Phi) is 4.12. The van der Waals surface area contributed by atoms with Gasteiger partial charge in [0.25, 0.3) is 0 Å². The van der Waals surface area contributed by atoms with Crippen molar-refractivity contribution >= 4 is 23.1 Å². The summed E-state index contributed by atoms with van der Waals surface area (Å²) in [5, 5.41) is 9.96. The molecule has 112 valence electrons. The first-order valence-corrected chi connectivity index (χ1v) is 7.54. The maximum atomic E-state index is 9.21. The van der Waals surface area contributed by atoms with Gasteiger partial charge in [0.2, 0.25) is 0 Å². The Bertz CT molecular complexity index is 712. The number of aromatic nitrogens is 2. The van der Waals surface area contributed by atoms with Gasteiger partial charge in [-0.1, -0.05) is 17.7 Å². The lowest BCUT2D eigenvalue weighted by atomic mass is 10.1. The molecule has 1 aliphatic heterocycles. The summed E-state index contributed by atoms with van der Waals surface area (Å²) in [6.45, 7) is 4.66. The molecule has 1 fully saturated rings. The second-order valence-electron chi connectivity index (χ2n) is 5.34. The summed E-state index contributed by atoms with van der Waals surface area (Å²) in [6.07, 6.45) is 3.06. The van der Waals surface area contributed by atoms with Crippen LogP contribution in [-0.2, 0) is 0 Å². The number of nitriles is 1. The van der Waals surface area contributed by atoms with E-state index >= 15 is 0 Å². The highest BCUT2D eigenvalue weighted by Gasteiger charge is 2.26. The predicted molar refractivity (Wildman–Crippen MR) is 87.2 cm³/mol. The van der Waals surface area contributed by atoms with Crippen LogP contribution in [0.5, 0.6) is 0 Å². The van der Waals surface area contributed by atoms with Gasteiger partial charge in [0, 0.05) is 36.4 Å². The molecule has 2 aromatic rings. The van der Waals surface area contributed by atoms with Gasteiger partial charge in [-0.15, -0.1) is 0 Å². The number of hydrogen-bond donors (Lipinski definition) is 0. The average molecular weight is 314 g/mol. The summed E-state index contributed by atoms with van der Waals surface area (Å²) in [6, 6.07) is 10.3. The minimum atomic E-state index is 0.245. The summed E-state index contributed by atoms with van der Waals surface area (Å²) in [5.74, 6) is 0.718. The largest absolute Gasteiger partial charge is 0.368 e. The summed E-state index contributed by atoms with van der Waals surface area (Å²) in [4.78, 5) is 12.7.